The first-order valence-electron chi connectivity index (χ1n) is 5.91. The Kier molecular flexibility index (Phi) is 4.01. The van der Waals surface area contributed by atoms with Crippen LogP contribution < -0.4 is 0 Å². The summed E-state index contributed by atoms with van der Waals surface area (Å²) in [5.74, 6) is -1.19. The van der Waals surface area contributed by atoms with Gasteiger partial charge in [0.25, 0.3) is 0 Å². The largest absolute Gasteiger partial charge is 0.481 e. The summed E-state index contributed by atoms with van der Waals surface area (Å²) in [6.07, 6.45) is 0.379. The molecule has 1 heterocycles. The number of carboxylic acids is 1. The first-order valence-corrected chi connectivity index (χ1v) is 5.91. The predicted molar refractivity (Wildman–Crippen MR) is 62.7 cm³/mol. The van der Waals surface area contributed by atoms with Crippen LogP contribution in [0.2, 0.25) is 0 Å². The highest BCUT2D eigenvalue weighted by molar-refractivity contribution is 5.71. The van der Waals surface area contributed by atoms with Crippen molar-refractivity contribution in [3.05, 3.63) is 0 Å². The van der Waals surface area contributed by atoms with Gasteiger partial charge in [0.15, 0.2) is 0 Å². The lowest BCUT2D eigenvalue weighted by Crippen LogP contribution is -2.36. The number of aliphatic carboxylic acids is 1. The minimum Gasteiger partial charge on any atom is -0.481 e. The average molecular weight is 243 g/mol. The van der Waals surface area contributed by atoms with Crippen LogP contribution in [-0.2, 0) is 9.53 Å². The summed E-state index contributed by atoms with van der Waals surface area (Å²) in [6.45, 7) is 8.19. The molecular formula is C12H21NO4. The van der Waals surface area contributed by atoms with Crippen molar-refractivity contribution in [2.45, 2.75) is 39.7 Å². The van der Waals surface area contributed by atoms with Gasteiger partial charge in [-0.15, -0.1) is 0 Å². The normalized spacial score (nSPS) is 22.4. The molecule has 1 fully saturated rings. The van der Waals surface area contributed by atoms with Crippen LogP contribution in [0.3, 0.4) is 0 Å². The van der Waals surface area contributed by atoms with Crippen LogP contribution in [-0.4, -0.2) is 40.8 Å². The lowest BCUT2D eigenvalue weighted by Gasteiger charge is -2.24. The van der Waals surface area contributed by atoms with Gasteiger partial charge < -0.3 is 14.7 Å². The molecule has 1 saturated heterocycles. The second-order valence-corrected chi connectivity index (χ2v) is 5.60. The summed E-state index contributed by atoms with van der Waals surface area (Å²) in [4.78, 5) is 24.2. The Bertz CT molecular complexity index is 308. The van der Waals surface area contributed by atoms with Crippen molar-refractivity contribution in [2.75, 3.05) is 13.1 Å². The van der Waals surface area contributed by atoms with Gasteiger partial charge in [-0.05, 0) is 33.1 Å². The van der Waals surface area contributed by atoms with E-state index in [4.69, 9.17) is 9.84 Å². The molecule has 1 aliphatic heterocycles. The van der Waals surface area contributed by atoms with Gasteiger partial charge in [0.1, 0.15) is 5.60 Å². The van der Waals surface area contributed by atoms with Gasteiger partial charge in [-0.3, -0.25) is 4.79 Å². The van der Waals surface area contributed by atoms with Crippen LogP contribution in [0.5, 0.6) is 0 Å². The van der Waals surface area contributed by atoms with E-state index in [2.05, 4.69) is 0 Å². The number of hydrogen-bond acceptors (Lipinski definition) is 3. The first kappa shape index (κ1) is 13.8. The number of rotatable bonds is 2. The molecule has 5 nitrogen and oxygen atoms in total. The number of nitrogens with zero attached hydrogens (tertiary/aromatic N) is 1. The summed E-state index contributed by atoms with van der Waals surface area (Å²) >= 11 is 0. The molecule has 0 spiro atoms. The van der Waals surface area contributed by atoms with Gasteiger partial charge in [0.2, 0.25) is 0 Å². The van der Waals surface area contributed by atoms with Gasteiger partial charge in [-0.2, -0.15) is 0 Å². The fourth-order valence-corrected chi connectivity index (χ4v) is 1.89. The fraction of sp³-hybridized carbons (Fsp3) is 0.833. The molecule has 98 valence electrons. The predicted octanol–water partition coefficient (Wildman–Crippen LogP) is 1.96. The third-order valence-electron chi connectivity index (χ3n) is 2.97. The van der Waals surface area contributed by atoms with E-state index in [9.17, 15) is 9.59 Å². The van der Waals surface area contributed by atoms with Crippen molar-refractivity contribution in [3.63, 3.8) is 0 Å². The van der Waals surface area contributed by atoms with Gasteiger partial charge in [0, 0.05) is 13.1 Å². The van der Waals surface area contributed by atoms with Crippen LogP contribution >= 0.6 is 0 Å². The Morgan fingerprint density at radius 2 is 2.00 bits per heavy atom. The van der Waals surface area contributed by atoms with Gasteiger partial charge in [0.05, 0.1) is 5.92 Å². The van der Waals surface area contributed by atoms with Crippen molar-refractivity contribution in [2.24, 2.45) is 11.8 Å². The third kappa shape index (κ3) is 3.91. The minimum absolute atomic E-state index is 0.0278. The molecule has 2 atom stereocenters. The molecule has 0 aromatic rings. The minimum atomic E-state index is -0.805. The fourth-order valence-electron chi connectivity index (χ4n) is 1.89. The summed E-state index contributed by atoms with van der Waals surface area (Å²) in [7, 11) is 0. The van der Waals surface area contributed by atoms with Crippen molar-refractivity contribution in [1.29, 1.82) is 0 Å². The second-order valence-electron chi connectivity index (χ2n) is 5.60. The highest BCUT2D eigenvalue weighted by Crippen LogP contribution is 2.25. The average Bonchev–Trinajstić information content (AvgIpc) is 2.62. The van der Waals surface area contributed by atoms with Crippen LogP contribution in [0, 0.1) is 11.8 Å². The number of likely N-dealkylation sites (tertiary alicyclic amines) is 1. The molecule has 17 heavy (non-hydrogen) atoms. The first-order chi connectivity index (χ1) is 7.70. The van der Waals surface area contributed by atoms with Gasteiger partial charge >= 0.3 is 12.1 Å². The van der Waals surface area contributed by atoms with Crippen LogP contribution in [0.25, 0.3) is 0 Å². The van der Waals surface area contributed by atoms with E-state index in [0.29, 0.717) is 13.1 Å². The maximum absolute atomic E-state index is 11.8. The summed E-state index contributed by atoms with van der Waals surface area (Å²) in [5.41, 5.74) is -0.506. The molecule has 1 aliphatic rings. The summed E-state index contributed by atoms with van der Waals surface area (Å²) in [6, 6.07) is 0. The Balaban J connectivity index is 2.50. The van der Waals surface area contributed by atoms with E-state index in [-0.39, 0.29) is 12.0 Å². The Morgan fingerprint density at radius 3 is 2.47 bits per heavy atom. The SMILES string of the molecule is C[C@@H](C(=O)O)[C@@H]1CCN(C(=O)OC(C)(C)C)C1. The van der Waals surface area contributed by atoms with Crippen molar-refractivity contribution in [1.82, 2.24) is 4.90 Å². The monoisotopic (exact) mass is 243 g/mol. The van der Waals surface area contributed by atoms with E-state index in [1.54, 1.807) is 11.8 Å². The Hall–Kier alpha value is -1.26. The van der Waals surface area contributed by atoms with E-state index in [1.807, 2.05) is 20.8 Å². The number of amides is 1. The molecule has 5 heteroatoms. The molecule has 0 unspecified atom stereocenters. The molecule has 0 aliphatic carbocycles. The number of ether oxygens (including phenoxy) is 1. The highest BCUT2D eigenvalue weighted by Gasteiger charge is 2.34. The van der Waals surface area contributed by atoms with E-state index < -0.39 is 17.5 Å². The van der Waals surface area contributed by atoms with E-state index in [0.717, 1.165) is 6.42 Å². The zero-order valence-corrected chi connectivity index (χ0v) is 10.9. The number of carbonyl (C=O) groups is 2. The lowest BCUT2D eigenvalue weighted by molar-refractivity contribution is -0.142. The van der Waals surface area contributed by atoms with Gasteiger partial charge in [-0.25, -0.2) is 4.79 Å². The zero-order valence-electron chi connectivity index (χ0n) is 10.9. The standard InChI is InChI=1S/C12H21NO4/c1-8(10(14)15)9-5-6-13(7-9)11(16)17-12(2,3)4/h8-9H,5-7H2,1-4H3,(H,14,15)/t8-,9-/m1/s1. The molecular weight excluding hydrogens is 222 g/mol. The van der Waals surface area contributed by atoms with Crippen LogP contribution in [0.15, 0.2) is 0 Å². The van der Waals surface area contributed by atoms with Crippen molar-refractivity contribution in [3.8, 4) is 0 Å². The van der Waals surface area contributed by atoms with E-state index >= 15 is 0 Å². The number of carboxylic acid groups (broad SMARTS) is 1. The summed E-state index contributed by atoms with van der Waals surface area (Å²) in [5, 5.41) is 8.92. The lowest BCUT2D eigenvalue weighted by atomic mass is 9.94. The molecule has 0 aromatic heterocycles. The molecule has 0 aromatic carbocycles. The van der Waals surface area contributed by atoms with Gasteiger partial charge in [-0.1, -0.05) is 6.92 Å². The summed E-state index contributed by atoms with van der Waals surface area (Å²) < 4.78 is 5.25. The van der Waals surface area contributed by atoms with E-state index in [1.165, 1.54) is 0 Å². The topological polar surface area (TPSA) is 66.8 Å². The van der Waals surface area contributed by atoms with Crippen LogP contribution in [0.1, 0.15) is 34.1 Å². The molecule has 0 saturated carbocycles. The smallest absolute Gasteiger partial charge is 0.410 e. The quantitative estimate of drug-likeness (QED) is 0.805. The number of carbonyl (C=O) groups excluding carboxylic acids is 1. The maximum Gasteiger partial charge on any atom is 0.410 e. The van der Waals surface area contributed by atoms with Crippen molar-refractivity contribution < 1.29 is 19.4 Å². The van der Waals surface area contributed by atoms with Crippen LogP contribution in [0.4, 0.5) is 4.79 Å². The molecule has 1 amide bonds. The Labute approximate surface area is 102 Å². The maximum atomic E-state index is 11.8. The molecule has 0 bridgehead atoms. The third-order valence-corrected chi connectivity index (χ3v) is 2.97. The number of hydrogen-bond donors (Lipinski definition) is 1. The molecule has 1 rings (SSSR count). The molecule has 1 N–H and O–H groups in total. The molecule has 0 radical (unpaired) electrons. The van der Waals surface area contributed by atoms with Crippen molar-refractivity contribution >= 4 is 12.1 Å². The zero-order chi connectivity index (χ0) is 13.2. The Morgan fingerprint density at radius 1 is 1.41 bits per heavy atom. The second kappa shape index (κ2) is 4.94. The highest BCUT2D eigenvalue weighted by atomic mass is 16.6.